The molecule has 4 atom stereocenters. The number of hydrogen-bond donors (Lipinski definition) is 1. The summed E-state index contributed by atoms with van der Waals surface area (Å²) in [5, 5.41) is 4.30. The summed E-state index contributed by atoms with van der Waals surface area (Å²) in [7, 11) is 0. The monoisotopic (exact) mass is 441 g/mol. The van der Waals surface area contributed by atoms with E-state index in [1.165, 1.54) is 33.3 Å². The van der Waals surface area contributed by atoms with Crippen LogP contribution >= 0.6 is 0 Å². The Labute approximate surface area is 197 Å². The summed E-state index contributed by atoms with van der Waals surface area (Å²) in [6, 6.07) is 23.9. The highest BCUT2D eigenvalue weighted by atomic mass is 16.3. The van der Waals surface area contributed by atoms with Crippen molar-refractivity contribution in [1.29, 1.82) is 0 Å². The zero-order valence-electron chi connectivity index (χ0n) is 18.5. The van der Waals surface area contributed by atoms with Crippen LogP contribution in [0.5, 0.6) is 0 Å². The number of anilines is 2. The minimum Gasteiger partial charge on any atom is -0.456 e. The molecule has 3 aromatic carbocycles. The molecule has 0 radical (unpaired) electrons. The fourth-order valence-corrected chi connectivity index (χ4v) is 6.59. The van der Waals surface area contributed by atoms with Crippen LogP contribution in [-0.4, -0.2) is 17.1 Å². The van der Waals surface area contributed by atoms with Crippen molar-refractivity contribution in [2.45, 2.75) is 18.0 Å². The Kier molecular flexibility index (Phi) is 3.53. The highest BCUT2D eigenvalue weighted by molar-refractivity contribution is 6.08. The number of para-hydroxylation sites is 2. The molecule has 3 heterocycles. The van der Waals surface area contributed by atoms with Gasteiger partial charge >= 0.3 is 0 Å². The minimum absolute atomic E-state index is 0.155. The van der Waals surface area contributed by atoms with E-state index >= 15 is 0 Å². The quantitative estimate of drug-likeness (QED) is 0.352. The molecular formula is C30H23N3O. The number of nitrogens with zero attached hydrogens (tertiary/aromatic N) is 2. The largest absolute Gasteiger partial charge is 0.456 e. The van der Waals surface area contributed by atoms with E-state index in [0.29, 0.717) is 0 Å². The van der Waals surface area contributed by atoms with Crippen LogP contribution in [0.2, 0.25) is 0 Å². The predicted molar refractivity (Wildman–Crippen MR) is 137 cm³/mol. The van der Waals surface area contributed by atoms with Crippen LogP contribution in [0.25, 0.3) is 21.9 Å². The fraction of sp³-hybridized carbons (Fsp3) is 0.133. The lowest BCUT2D eigenvalue weighted by Crippen LogP contribution is -2.37. The van der Waals surface area contributed by atoms with Gasteiger partial charge in [0.1, 0.15) is 11.2 Å². The average molecular weight is 442 g/mol. The van der Waals surface area contributed by atoms with Crippen LogP contribution in [-0.2, 0) is 0 Å². The molecule has 2 N–H and O–H groups in total. The maximum atomic E-state index is 6.67. The van der Waals surface area contributed by atoms with E-state index < -0.39 is 0 Å². The molecule has 1 aromatic heterocycles. The van der Waals surface area contributed by atoms with E-state index in [-0.39, 0.29) is 23.9 Å². The summed E-state index contributed by atoms with van der Waals surface area (Å²) in [5.41, 5.74) is 8.15. The molecule has 4 aromatic rings. The SMILES string of the molecule is NN1C2=C(C3C=CC=CC31)C1c3c(ccc4c3oc3ccccc34)N(c3ccccc3)C1C=C2. The van der Waals surface area contributed by atoms with Crippen molar-refractivity contribution in [3.8, 4) is 0 Å². The molecule has 8 rings (SSSR count). The lowest BCUT2D eigenvalue weighted by molar-refractivity contribution is 0.313. The summed E-state index contributed by atoms with van der Waals surface area (Å²) in [6.07, 6.45) is 13.4. The maximum Gasteiger partial charge on any atom is 0.141 e. The topological polar surface area (TPSA) is 45.6 Å². The number of allylic oxidation sites excluding steroid dienone is 3. The van der Waals surface area contributed by atoms with Gasteiger partial charge in [-0.2, -0.15) is 0 Å². The van der Waals surface area contributed by atoms with E-state index in [1.54, 1.807) is 0 Å². The highest BCUT2D eigenvalue weighted by Gasteiger charge is 2.50. The summed E-state index contributed by atoms with van der Waals surface area (Å²) < 4.78 is 6.59. The third-order valence-electron chi connectivity index (χ3n) is 7.95. The average Bonchev–Trinajstić information content (AvgIpc) is 3.52. The van der Waals surface area contributed by atoms with Gasteiger partial charge < -0.3 is 14.3 Å². The molecule has 4 heteroatoms. The van der Waals surface area contributed by atoms with Gasteiger partial charge in [0.15, 0.2) is 0 Å². The van der Waals surface area contributed by atoms with Crippen LogP contribution in [0.1, 0.15) is 11.5 Å². The van der Waals surface area contributed by atoms with E-state index in [2.05, 4.69) is 102 Å². The van der Waals surface area contributed by atoms with Gasteiger partial charge in [-0.05, 0) is 42.0 Å². The zero-order chi connectivity index (χ0) is 22.4. The molecule has 2 aliphatic carbocycles. The van der Waals surface area contributed by atoms with Gasteiger partial charge in [0.05, 0.1) is 17.8 Å². The van der Waals surface area contributed by atoms with Crippen LogP contribution < -0.4 is 10.7 Å². The van der Waals surface area contributed by atoms with Crippen molar-refractivity contribution in [3.63, 3.8) is 0 Å². The van der Waals surface area contributed by atoms with Gasteiger partial charge in [0.2, 0.25) is 0 Å². The predicted octanol–water partition coefficient (Wildman–Crippen LogP) is 6.31. The molecular weight excluding hydrogens is 418 g/mol. The minimum atomic E-state index is 0.155. The van der Waals surface area contributed by atoms with Crippen molar-refractivity contribution >= 4 is 33.3 Å². The number of nitrogens with two attached hydrogens (primary N) is 1. The Hall–Kier alpha value is -4.02. The van der Waals surface area contributed by atoms with Gasteiger partial charge in [0.25, 0.3) is 0 Å². The van der Waals surface area contributed by atoms with Gasteiger partial charge in [-0.3, -0.25) is 0 Å². The molecule has 0 spiro atoms. The normalized spacial score (nSPS) is 26.4. The molecule has 0 amide bonds. The Bertz CT molecular complexity index is 1610. The van der Waals surface area contributed by atoms with Gasteiger partial charge in [-0.25, -0.2) is 5.84 Å². The number of hydrazine groups is 1. The van der Waals surface area contributed by atoms with Crippen molar-refractivity contribution < 1.29 is 4.42 Å². The summed E-state index contributed by atoms with van der Waals surface area (Å²) in [4.78, 5) is 2.48. The fourth-order valence-electron chi connectivity index (χ4n) is 6.59. The number of hydrogen-bond acceptors (Lipinski definition) is 4. The first kappa shape index (κ1) is 18.4. The number of benzene rings is 3. The second-order valence-corrected chi connectivity index (χ2v) is 9.54. The van der Waals surface area contributed by atoms with Crippen molar-refractivity contribution in [2.24, 2.45) is 11.8 Å². The van der Waals surface area contributed by atoms with Crippen LogP contribution in [0.15, 0.2) is 119 Å². The molecule has 4 aliphatic rings. The van der Waals surface area contributed by atoms with E-state index in [9.17, 15) is 0 Å². The van der Waals surface area contributed by atoms with E-state index in [1.807, 2.05) is 11.1 Å². The molecule has 34 heavy (non-hydrogen) atoms. The second-order valence-electron chi connectivity index (χ2n) is 9.54. The molecule has 0 saturated heterocycles. The van der Waals surface area contributed by atoms with E-state index in [0.717, 1.165) is 16.9 Å². The third-order valence-corrected chi connectivity index (χ3v) is 7.95. The highest BCUT2D eigenvalue weighted by Crippen LogP contribution is 2.58. The van der Waals surface area contributed by atoms with Gasteiger partial charge in [0, 0.05) is 39.5 Å². The Balaban J connectivity index is 1.44. The molecule has 164 valence electrons. The summed E-state index contributed by atoms with van der Waals surface area (Å²) in [6.45, 7) is 0. The molecule has 0 bridgehead atoms. The summed E-state index contributed by atoms with van der Waals surface area (Å²) >= 11 is 0. The Morgan fingerprint density at radius 3 is 2.50 bits per heavy atom. The summed E-state index contributed by atoms with van der Waals surface area (Å²) in [5.74, 6) is 7.09. The van der Waals surface area contributed by atoms with Crippen molar-refractivity contribution in [2.75, 3.05) is 4.90 Å². The van der Waals surface area contributed by atoms with Gasteiger partial charge in [-0.1, -0.05) is 66.8 Å². The smallest absolute Gasteiger partial charge is 0.141 e. The zero-order valence-corrected chi connectivity index (χ0v) is 18.5. The van der Waals surface area contributed by atoms with Crippen molar-refractivity contribution in [1.82, 2.24) is 5.01 Å². The molecule has 0 saturated carbocycles. The number of rotatable bonds is 1. The first-order chi connectivity index (χ1) is 16.8. The van der Waals surface area contributed by atoms with Crippen molar-refractivity contribution in [3.05, 3.63) is 120 Å². The lowest BCUT2D eigenvalue weighted by Gasteiger charge is -2.32. The molecule has 4 unspecified atom stereocenters. The second kappa shape index (κ2) is 6.52. The van der Waals surface area contributed by atoms with E-state index in [4.69, 9.17) is 10.3 Å². The Morgan fingerprint density at radius 2 is 1.59 bits per heavy atom. The standard InChI is InChI=1S/C30H23N3O/c31-33-22-12-6-4-11-21(22)27-25(33)17-16-23-28(27)29-24(32(23)18-8-2-1-3-9-18)15-14-20-19-10-5-7-13-26(19)34-30(20)29/h1-17,21-23,28H,31H2. The Morgan fingerprint density at radius 1 is 0.765 bits per heavy atom. The van der Waals surface area contributed by atoms with Crippen LogP contribution in [0.3, 0.4) is 0 Å². The van der Waals surface area contributed by atoms with Gasteiger partial charge in [-0.15, -0.1) is 0 Å². The van der Waals surface area contributed by atoms with Crippen LogP contribution in [0, 0.1) is 5.92 Å². The lowest BCUT2D eigenvalue weighted by atomic mass is 9.76. The maximum absolute atomic E-state index is 6.67. The number of fused-ring (bicyclic) bond motifs is 10. The first-order valence-electron chi connectivity index (χ1n) is 11.9. The number of furan rings is 1. The molecule has 0 fully saturated rings. The first-order valence-corrected chi connectivity index (χ1v) is 11.9. The third kappa shape index (κ3) is 2.21. The molecule has 2 aliphatic heterocycles. The van der Waals surface area contributed by atoms with Crippen LogP contribution in [0.4, 0.5) is 11.4 Å². The molecule has 4 nitrogen and oxygen atoms in total.